The maximum Gasteiger partial charge on any atom is 0.270 e. The topological polar surface area (TPSA) is 51.0 Å². The van der Waals surface area contributed by atoms with Crippen molar-refractivity contribution >= 4 is 59.9 Å². The van der Waals surface area contributed by atoms with E-state index >= 15 is 0 Å². The van der Waals surface area contributed by atoms with Crippen LogP contribution in [0.1, 0.15) is 21.7 Å². The Morgan fingerprint density at radius 1 is 1.26 bits per heavy atom. The minimum absolute atomic E-state index is 0.00644. The van der Waals surface area contributed by atoms with Crippen LogP contribution in [0.15, 0.2) is 52.8 Å². The van der Waals surface area contributed by atoms with E-state index in [-0.39, 0.29) is 5.91 Å². The standard InChI is InChI=1S/C19H17BrN4OS2/c1-13-4-2-5-14-17(13)22-19(27-14)24(10-3-9-23-11-8-21-12-23)18(25)15-6-7-16(20)26-15/h2,4-8,11-12H,3,9-10H2,1H3. The predicted octanol–water partition coefficient (Wildman–Crippen LogP) is 5.36. The molecule has 1 aromatic carbocycles. The highest BCUT2D eigenvalue weighted by atomic mass is 79.9. The van der Waals surface area contributed by atoms with Gasteiger partial charge in [-0.3, -0.25) is 9.69 Å². The second kappa shape index (κ2) is 7.92. The molecule has 3 heterocycles. The smallest absolute Gasteiger partial charge is 0.270 e. The van der Waals surface area contributed by atoms with E-state index in [0.717, 1.165) is 37.7 Å². The van der Waals surface area contributed by atoms with Crippen molar-refractivity contribution in [3.05, 3.63) is 63.3 Å². The Morgan fingerprint density at radius 3 is 2.85 bits per heavy atom. The Kier molecular flexibility index (Phi) is 5.38. The Hall–Kier alpha value is -2.03. The van der Waals surface area contributed by atoms with Gasteiger partial charge in [-0.25, -0.2) is 9.97 Å². The number of benzene rings is 1. The molecule has 4 aromatic rings. The number of para-hydroxylation sites is 1. The molecule has 0 spiro atoms. The SMILES string of the molecule is Cc1cccc2sc(N(CCCn3ccnc3)C(=O)c3ccc(Br)s3)nc12. The van der Waals surface area contributed by atoms with Gasteiger partial charge < -0.3 is 4.57 Å². The lowest BCUT2D eigenvalue weighted by atomic mass is 10.2. The van der Waals surface area contributed by atoms with E-state index in [9.17, 15) is 4.79 Å². The van der Waals surface area contributed by atoms with E-state index in [0.29, 0.717) is 11.4 Å². The van der Waals surface area contributed by atoms with Crippen LogP contribution in [-0.4, -0.2) is 27.0 Å². The lowest BCUT2D eigenvalue weighted by Crippen LogP contribution is -2.31. The molecule has 4 rings (SSSR count). The molecule has 0 aliphatic heterocycles. The monoisotopic (exact) mass is 460 g/mol. The maximum atomic E-state index is 13.2. The summed E-state index contributed by atoms with van der Waals surface area (Å²) in [5.41, 5.74) is 2.09. The van der Waals surface area contributed by atoms with Crippen LogP contribution < -0.4 is 4.90 Å². The number of thiophene rings is 1. The number of aromatic nitrogens is 3. The summed E-state index contributed by atoms with van der Waals surface area (Å²) in [4.78, 5) is 24.5. The third-order valence-electron chi connectivity index (χ3n) is 4.23. The molecule has 138 valence electrons. The number of anilines is 1. The molecule has 1 amide bonds. The summed E-state index contributed by atoms with van der Waals surface area (Å²) in [5.74, 6) is -0.00644. The number of hydrogen-bond acceptors (Lipinski definition) is 5. The van der Waals surface area contributed by atoms with Crippen LogP contribution in [0.2, 0.25) is 0 Å². The van der Waals surface area contributed by atoms with Crippen molar-refractivity contribution in [3.8, 4) is 0 Å². The number of thiazole rings is 1. The number of carbonyl (C=O) groups is 1. The molecule has 0 aliphatic rings. The zero-order valence-electron chi connectivity index (χ0n) is 14.6. The Bertz CT molecular complexity index is 1070. The average molecular weight is 461 g/mol. The van der Waals surface area contributed by atoms with Gasteiger partial charge >= 0.3 is 0 Å². The first kappa shape index (κ1) is 18.3. The number of fused-ring (bicyclic) bond motifs is 1. The number of nitrogens with zero attached hydrogens (tertiary/aromatic N) is 4. The van der Waals surface area contributed by atoms with Crippen LogP contribution in [0.5, 0.6) is 0 Å². The molecular formula is C19H17BrN4OS2. The number of carbonyl (C=O) groups excluding carboxylic acids is 1. The van der Waals surface area contributed by atoms with Crippen molar-refractivity contribution in [2.75, 3.05) is 11.4 Å². The van der Waals surface area contributed by atoms with Gasteiger partial charge in [0.05, 0.1) is 25.2 Å². The maximum absolute atomic E-state index is 13.2. The van der Waals surface area contributed by atoms with Gasteiger partial charge in [-0.1, -0.05) is 23.5 Å². The number of halogens is 1. The molecule has 8 heteroatoms. The summed E-state index contributed by atoms with van der Waals surface area (Å²) >= 11 is 6.46. The largest absolute Gasteiger partial charge is 0.337 e. The Balaban J connectivity index is 1.63. The lowest BCUT2D eigenvalue weighted by Gasteiger charge is -2.19. The van der Waals surface area contributed by atoms with Crippen LogP contribution in [-0.2, 0) is 6.54 Å². The molecule has 0 N–H and O–H groups in total. The quantitative estimate of drug-likeness (QED) is 0.388. The van der Waals surface area contributed by atoms with E-state index in [2.05, 4.69) is 27.0 Å². The predicted molar refractivity (Wildman–Crippen MR) is 115 cm³/mol. The minimum atomic E-state index is -0.00644. The third-order valence-corrected chi connectivity index (χ3v) is 6.88. The summed E-state index contributed by atoms with van der Waals surface area (Å²) in [6, 6.07) is 9.90. The number of rotatable bonds is 6. The van der Waals surface area contributed by atoms with E-state index in [1.54, 1.807) is 28.8 Å². The second-order valence-corrected chi connectivity index (χ2v) is 9.60. The van der Waals surface area contributed by atoms with E-state index in [1.165, 1.54) is 11.3 Å². The summed E-state index contributed by atoms with van der Waals surface area (Å²) in [7, 11) is 0. The lowest BCUT2D eigenvalue weighted by molar-refractivity contribution is 0.0990. The molecule has 0 atom stereocenters. The zero-order chi connectivity index (χ0) is 18.8. The third kappa shape index (κ3) is 3.97. The number of hydrogen-bond donors (Lipinski definition) is 0. The molecule has 0 aliphatic carbocycles. The molecule has 0 radical (unpaired) electrons. The molecule has 0 fully saturated rings. The first-order valence-electron chi connectivity index (χ1n) is 8.51. The van der Waals surface area contributed by atoms with Gasteiger partial charge in [-0.2, -0.15) is 0 Å². The highest BCUT2D eigenvalue weighted by molar-refractivity contribution is 9.11. The molecule has 3 aromatic heterocycles. The average Bonchev–Trinajstić information content (AvgIpc) is 3.39. The normalized spacial score (nSPS) is 11.2. The highest BCUT2D eigenvalue weighted by Crippen LogP contribution is 2.32. The Morgan fingerprint density at radius 2 is 2.15 bits per heavy atom. The van der Waals surface area contributed by atoms with Gasteiger partial charge in [-0.05, 0) is 53.0 Å². The molecule has 5 nitrogen and oxygen atoms in total. The number of imidazole rings is 1. The fourth-order valence-electron chi connectivity index (χ4n) is 2.87. The first-order chi connectivity index (χ1) is 13.1. The van der Waals surface area contributed by atoms with Gasteiger partial charge in [0.15, 0.2) is 5.13 Å². The molecule has 0 saturated carbocycles. The molecule has 0 bridgehead atoms. The number of amides is 1. The summed E-state index contributed by atoms with van der Waals surface area (Å²) in [6.07, 6.45) is 6.32. The van der Waals surface area contributed by atoms with Crippen molar-refractivity contribution in [2.45, 2.75) is 19.9 Å². The van der Waals surface area contributed by atoms with Crippen LogP contribution in [0.25, 0.3) is 10.2 Å². The summed E-state index contributed by atoms with van der Waals surface area (Å²) < 4.78 is 4.07. The minimum Gasteiger partial charge on any atom is -0.337 e. The molecule has 0 unspecified atom stereocenters. The van der Waals surface area contributed by atoms with Crippen molar-refractivity contribution in [2.24, 2.45) is 0 Å². The van der Waals surface area contributed by atoms with Crippen LogP contribution in [0, 0.1) is 6.92 Å². The van der Waals surface area contributed by atoms with Gasteiger partial charge in [0.1, 0.15) is 0 Å². The van der Waals surface area contributed by atoms with Gasteiger partial charge in [0, 0.05) is 25.5 Å². The molecule has 27 heavy (non-hydrogen) atoms. The van der Waals surface area contributed by atoms with Crippen LogP contribution in [0.4, 0.5) is 5.13 Å². The van der Waals surface area contributed by atoms with Crippen molar-refractivity contribution in [1.29, 1.82) is 0 Å². The van der Waals surface area contributed by atoms with E-state index in [4.69, 9.17) is 4.98 Å². The van der Waals surface area contributed by atoms with Gasteiger partial charge in [0.25, 0.3) is 5.91 Å². The number of aryl methyl sites for hydroxylation is 2. The summed E-state index contributed by atoms with van der Waals surface area (Å²) in [6.45, 7) is 3.46. The molecule has 0 saturated heterocycles. The van der Waals surface area contributed by atoms with E-state index < -0.39 is 0 Å². The highest BCUT2D eigenvalue weighted by Gasteiger charge is 2.22. The van der Waals surface area contributed by atoms with Crippen molar-refractivity contribution in [3.63, 3.8) is 0 Å². The summed E-state index contributed by atoms with van der Waals surface area (Å²) in [5, 5.41) is 0.749. The Labute approximate surface area is 173 Å². The van der Waals surface area contributed by atoms with Crippen LogP contribution >= 0.6 is 38.6 Å². The van der Waals surface area contributed by atoms with Crippen molar-refractivity contribution in [1.82, 2.24) is 14.5 Å². The van der Waals surface area contributed by atoms with Crippen molar-refractivity contribution < 1.29 is 4.79 Å². The first-order valence-corrected chi connectivity index (χ1v) is 10.9. The second-order valence-electron chi connectivity index (χ2n) is 6.13. The van der Waals surface area contributed by atoms with Crippen LogP contribution in [0.3, 0.4) is 0 Å². The molecular weight excluding hydrogens is 444 g/mol. The fraction of sp³-hybridized carbons (Fsp3) is 0.211. The van der Waals surface area contributed by atoms with E-state index in [1.807, 2.05) is 42.0 Å². The van der Waals surface area contributed by atoms with Gasteiger partial charge in [-0.15, -0.1) is 11.3 Å². The fourth-order valence-corrected chi connectivity index (χ4v) is 5.27. The zero-order valence-corrected chi connectivity index (χ0v) is 17.9. The van der Waals surface area contributed by atoms with Gasteiger partial charge in [0.2, 0.25) is 0 Å².